The Hall–Kier alpha value is -1.69. The number of aliphatic hydroxyl groups is 1. The number of aromatic nitrogens is 2. The van der Waals surface area contributed by atoms with Crippen LogP contribution < -0.4 is 10.9 Å². The maximum absolute atomic E-state index is 12.0. The van der Waals surface area contributed by atoms with Gasteiger partial charge in [-0.25, -0.2) is 4.68 Å². The van der Waals surface area contributed by atoms with Gasteiger partial charge < -0.3 is 10.4 Å². The van der Waals surface area contributed by atoms with Crippen LogP contribution in [0.3, 0.4) is 0 Å². The minimum Gasteiger partial charge on any atom is -0.388 e. The second-order valence-corrected chi connectivity index (χ2v) is 5.22. The van der Waals surface area contributed by atoms with Crippen LogP contribution >= 0.6 is 0 Å². The Bertz CT molecular complexity index is 523. The molecule has 0 radical (unpaired) electrons. The molecule has 0 aliphatic carbocycles. The summed E-state index contributed by atoms with van der Waals surface area (Å²) >= 11 is 0. The fourth-order valence-electron chi connectivity index (χ4n) is 1.76. The molecular formula is C14H23N3O3. The number of nitrogens with zero attached hydrogens (tertiary/aromatic N) is 2. The van der Waals surface area contributed by atoms with Crippen molar-refractivity contribution in [3.63, 3.8) is 0 Å². The fourth-order valence-corrected chi connectivity index (χ4v) is 1.76. The van der Waals surface area contributed by atoms with Crippen molar-refractivity contribution in [1.82, 2.24) is 15.1 Å². The lowest BCUT2D eigenvalue weighted by Crippen LogP contribution is -2.45. The summed E-state index contributed by atoms with van der Waals surface area (Å²) < 4.78 is 1.22. The topological polar surface area (TPSA) is 84.2 Å². The van der Waals surface area contributed by atoms with E-state index in [1.807, 2.05) is 13.8 Å². The monoisotopic (exact) mass is 281 g/mol. The number of rotatable bonds is 6. The van der Waals surface area contributed by atoms with Gasteiger partial charge in [0.2, 0.25) is 0 Å². The Morgan fingerprint density at radius 1 is 1.50 bits per heavy atom. The smallest absolute Gasteiger partial charge is 0.271 e. The molecule has 2 unspecified atom stereocenters. The number of aryl methyl sites for hydroxylation is 1. The molecule has 1 amide bonds. The summed E-state index contributed by atoms with van der Waals surface area (Å²) in [5.41, 5.74) is -1.04. The molecule has 1 aromatic heterocycles. The first-order chi connectivity index (χ1) is 9.31. The quantitative estimate of drug-likeness (QED) is 0.807. The molecule has 2 N–H and O–H groups in total. The van der Waals surface area contributed by atoms with Crippen LogP contribution in [0.15, 0.2) is 16.9 Å². The Labute approximate surface area is 118 Å². The van der Waals surface area contributed by atoms with Gasteiger partial charge in [-0.15, -0.1) is 0 Å². The Morgan fingerprint density at radius 2 is 2.15 bits per heavy atom. The largest absolute Gasteiger partial charge is 0.388 e. The van der Waals surface area contributed by atoms with Crippen LogP contribution in [0.25, 0.3) is 0 Å². The Morgan fingerprint density at radius 3 is 2.70 bits per heavy atom. The average Bonchev–Trinajstić information content (AvgIpc) is 2.44. The molecule has 0 saturated carbocycles. The third-order valence-electron chi connectivity index (χ3n) is 3.68. The highest BCUT2D eigenvalue weighted by atomic mass is 16.3. The van der Waals surface area contributed by atoms with Crippen molar-refractivity contribution < 1.29 is 9.90 Å². The molecule has 1 heterocycles. The SMILES string of the molecule is CCC(C)C(C)(O)CNC(=O)c1ccc(=O)n(CC)n1. The predicted octanol–water partition coefficient (Wildman–Crippen LogP) is 0.790. The molecule has 112 valence electrons. The van der Waals surface area contributed by atoms with Crippen molar-refractivity contribution in [2.24, 2.45) is 5.92 Å². The van der Waals surface area contributed by atoms with E-state index in [-0.39, 0.29) is 23.7 Å². The highest BCUT2D eigenvalue weighted by Crippen LogP contribution is 2.18. The summed E-state index contributed by atoms with van der Waals surface area (Å²) in [6.07, 6.45) is 0.821. The van der Waals surface area contributed by atoms with Crippen molar-refractivity contribution in [3.05, 3.63) is 28.2 Å². The molecule has 2 atom stereocenters. The van der Waals surface area contributed by atoms with Gasteiger partial charge in [0.05, 0.1) is 5.60 Å². The number of hydrogen-bond donors (Lipinski definition) is 2. The fraction of sp³-hybridized carbons (Fsp3) is 0.643. The van der Waals surface area contributed by atoms with E-state index in [2.05, 4.69) is 10.4 Å². The van der Waals surface area contributed by atoms with Gasteiger partial charge >= 0.3 is 0 Å². The lowest BCUT2D eigenvalue weighted by atomic mass is 9.88. The highest BCUT2D eigenvalue weighted by molar-refractivity contribution is 5.92. The van der Waals surface area contributed by atoms with Gasteiger partial charge in [-0.05, 0) is 25.8 Å². The summed E-state index contributed by atoms with van der Waals surface area (Å²) in [5.74, 6) is -0.323. The van der Waals surface area contributed by atoms with E-state index in [4.69, 9.17) is 0 Å². The zero-order chi connectivity index (χ0) is 15.3. The van der Waals surface area contributed by atoms with Crippen molar-refractivity contribution in [1.29, 1.82) is 0 Å². The Kier molecular flexibility index (Phi) is 5.44. The molecule has 6 heteroatoms. The third-order valence-corrected chi connectivity index (χ3v) is 3.68. The minimum atomic E-state index is -0.969. The molecule has 0 bridgehead atoms. The molecule has 20 heavy (non-hydrogen) atoms. The van der Waals surface area contributed by atoms with E-state index < -0.39 is 11.5 Å². The van der Waals surface area contributed by atoms with Crippen molar-refractivity contribution in [2.75, 3.05) is 6.54 Å². The van der Waals surface area contributed by atoms with Gasteiger partial charge in [-0.2, -0.15) is 5.10 Å². The minimum absolute atomic E-state index is 0.0698. The first-order valence-electron chi connectivity index (χ1n) is 6.90. The average molecular weight is 281 g/mol. The zero-order valence-corrected chi connectivity index (χ0v) is 12.5. The van der Waals surface area contributed by atoms with Crippen molar-refractivity contribution >= 4 is 5.91 Å². The summed E-state index contributed by atoms with van der Waals surface area (Å²) in [6, 6.07) is 2.71. The molecule has 6 nitrogen and oxygen atoms in total. The molecule has 0 fully saturated rings. The van der Waals surface area contributed by atoms with Gasteiger partial charge in [0.15, 0.2) is 0 Å². The number of amides is 1. The van der Waals surface area contributed by atoms with Crippen LogP contribution in [0.4, 0.5) is 0 Å². The van der Waals surface area contributed by atoms with Gasteiger partial charge in [-0.1, -0.05) is 20.3 Å². The maximum Gasteiger partial charge on any atom is 0.271 e. The normalized spacial score (nSPS) is 15.4. The molecule has 0 aliphatic rings. The van der Waals surface area contributed by atoms with Crippen LogP contribution in [0.1, 0.15) is 44.6 Å². The summed E-state index contributed by atoms with van der Waals surface area (Å²) in [7, 11) is 0. The summed E-state index contributed by atoms with van der Waals surface area (Å²) in [5, 5.41) is 16.9. The summed E-state index contributed by atoms with van der Waals surface area (Å²) in [6.45, 7) is 7.95. The molecule has 0 aromatic carbocycles. The summed E-state index contributed by atoms with van der Waals surface area (Å²) in [4.78, 5) is 23.4. The Balaban J connectivity index is 2.75. The van der Waals surface area contributed by atoms with E-state index >= 15 is 0 Å². The molecule has 1 aromatic rings. The lowest BCUT2D eigenvalue weighted by Gasteiger charge is -2.29. The van der Waals surface area contributed by atoms with Gasteiger partial charge in [0.25, 0.3) is 11.5 Å². The molecule has 0 saturated heterocycles. The van der Waals surface area contributed by atoms with E-state index in [1.165, 1.54) is 16.8 Å². The van der Waals surface area contributed by atoms with Crippen molar-refractivity contribution in [2.45, 2.75) is 46.3 Å². The van der Waals surface area contributed by atoms with Crippen LogP contribution in [-0.2, 0) is 6.54 Å². The van der Waals surface area contributed by atoms with Crippen LogP contribution in [0.2, 0.25) is 0 Å². The van der Waals surface area contributed by atoms with E-state index in [0.717, 1.165) is 6.42 Å². The third kappa shape index (κ3) is 3.90. The molecule has 0 spiro atoms. The second-order valence-electron chi connectivity index (χ2n) is 5.22. The lowest BCUT2D eigenvalue weighted by molar-refractivity contribution is 0.00586. The maximum atomic E-state index is 12.0. The second kappa shape index (κ2) is 6.65. The number of carbonyl (C=O) groups excluding carboxylic acids is 1. The standard InChI is InChI=1S/C14H23N3O3/c1-5-10(3)14(4,20)9-15-13(19)11-7-8-12(18)17(6-2)16-11/h7-8,10,20H,5-6,9H2,1-4H3,(H,15,19). The van der Waals surface area contributed by atoms with Crippen LogP contribution in [0, 0.1) is 5.92 Å². The molecule has 1 rings (SSSR count). The van der Waals surface area contributed by atoms with E-state index in [9.17, 15) is 14.7 Å². The number of nitrogens with one attached hydrogen (secondary N) is 1. The van der Waals surface area contributed by atoms with Gasteiger partial charge in [0, 0.05) is 19.2 Å². The highest BCUT2D eigenvalue weighted by Gasteiger charge is 2.27. The first kappa shape index (κ1) is 16.4. The zero-order valence-electron chi connectivity index (χ0n) is 12.5. The predicted molar refractivity (Wildman–Crippen MR) is 76.6 cm³/mol. The van der Waals surface area contributed by atoms with Crippen LogP contribution in [-0.4, -0.2) is 32.9 Å². The number of carbonyl (C=O) groups is 1. The molecule has 0 aliphatic heterocycles. The van der Waals surface area contributed by atoms with Gasteiger partial charge in [-0.3, -0.25) is 9.59 Å². The number of hydrogen-bond acceptors (Lipinski definition) is 4. The molecular weight excluding hydrogens is 258 g/mol. The van der Waals surface area contributed by atoms with E-state index in [0.29, 0.717) is 6.54 Å². The van der Waals surface area contributed by atoms with E-state index in [1.54, 1.807) is 13.8 Å². The van der Waals surface area contributed by atoms with Crippen molar-refractivity contribution in [3.8, 4) is 0 Å². The van der Waals surface area contributed by atoms with Crippen LogP contribution in [0.5, 0.6) is 0 Å². The first-order valence-corrected chi connectivity index (χ1v) is 6.90. The van der Waals surface area contributed by atoms with Gasteiger partial charge in [0.1, 0.15) is 5.69 Å².